The van der Waals surface area contributed by atoms with Gasteiger partial charge < -0.3 is 5.32 Å². The molecule has 0 radical (unpaired) electrons. The van der Waals surface area contributed by atoms with Crippen molar-refractivity contribution >= 4 is 18.4 Å². The highest BCUT2D eigenvalue weighted by molar-refractivity contribution is 5.85. The SMILES string of the molecule is Cl.NN1CCCNC1=O. The van der Waals surface area contributed by atoms with Crippen LogP contribution in [0.15, 0.2) is 0 Å². The zero-order valence-corrected chi connectivity index (χ0v) is 5.78. The van der Waals surface area contributed by atoms with Crippen molar-refractivity contribution in [2.75, 3.05) is 13.1 Å². The minimum Gasteiger partial charge on any atom is -0.337 e. The average Bonchev–Trinajstić information content (AvgIpc) is 1.77. The molecule has 0 atom stereocenters. The van der Waals surface area contributed by atoms with E-state index >= 15 is 0 Å². The van der Waals surface area contributed by atoms with Gasteiger partial charge in [0.15, 0.2) is 0 Å². The van der Waals surface area contributed by atoms with Crippen molar-refractivity contribution in [1.29, 1.82) is 0 Å². The summed E-state index contributed by atoms with van der Waals surface area (Å²) >= 11 is 0. The molecule has 0 bridgehead atoms. The normalized spacial score (nSPS) is 18.3. The largest absolute Gasteiger partial charge is 0.337 e. The molecule has 9 heavy (non-hydrogen) atoms. The Morgan fingerprint density at radius 3 is 2.67 bits per heavy atom. The van der Waals surface area contributed by atoms with Gasteiger partial charge in [0.05, 0.1) is 0 Å². The van der Waals surface area contributed by atoms with Gasteiger partial charge in [0, 0.05) is 13.1 Å². The first-order chi connectivity index (χ1) is 3.80. The van der Waals surface area contributed by atoms with E-state index in [4.69, 9.17) is 5.84 Å². The molecule has 54 valence electrons. The van der Waals surface area contributed by atoms with Gasteiger partial charge in [-0.05, 0) is 6.42 Å². The number of amides is 2. The summed E-state index contributed by atoms with van der Waals surface area (Å²) in [5.74, 6) is 5.20. The molecule has 1 rings (SSSR count). The molecule has 0 aromatic rings. The van der Waals surface area contributed by atoms with Crippen LogP contribution in [0.5, 0.6) is 0 Å². The Morgan fingerprint density at radius 2 is 2.33 bits per heavy atom. The lowest BCUT2D eigenvalue weighted by molar-refractivity contribution is 0.187. The van der Waals surface area contributed by atoms with Gasteiger partial charge in [0.2, 0.25) is 0 Å². The number of nitrogens with one attached hydrogen (secondary N) is 1. The fourth-order valence-electron chi connectivity index (χ4n) is 0.648. The maximum atomic E-state index is 10.5. The van der Waals surface area contributed by atoms with Gasteiger partial charge in [-0.2, -0.15) is 0 Å². The molecule has 3 N–H and O–H groups in total. The molecule has 0 aliphatic carbocycles. The number of halogens is 1. The summed E-state index contributed by atoms with van der Waals surface area (Å²) in [6.07, 6.45) is 0.947. The Morgan fingerprint density at radius 1 is 1.67 bits per heavy atom. The van der Waals surface area contributed by atoms with E-state index in [1.165, 1.54) is 5.01 Å². The second kappa shape index (κ2) is 3.53. The first-order valence-electron chi connectivity index (χ1n) is 2.61. The van der Waals surface area contributed by atoms with Gasteiger partial charge in [-0.25, -0.2) is 10.6 Å². The lowest BCUT2D eigenvalue weighted by atomic mass is 10.4. The van der Waals surface area contributed by atoms with Crippen molar-refractivity contribution < 1.29 is 4.79 Å². The van der Waals surface area contributed by atoms with Crippen LogP contribution < -0.4 is 11.2 Å². The molecule has 4 nitrogen and oxygen atoms in total. The first-order valence-corrected chi connectivity index (χ1v) is 2.61. The van der Waals surface area contributed by atoms with Crippen LogP contribution in [0.3, 0.4) is 0 Å². The number of hydrazine groups is 1. The summed E-state index contributed by atoms with van der Waals surface area (Å²) in [6, 6.07) is -0.170. The Kier molecular flexibility index (Phi) is 3.34. The molecule has 2 amide bonds. The highest BCUT2D eigenvalue weighted by Gasteiger charge is 2.11. The number of hydrogen-bond donors (Lipinski definition) is 2. The quantitative estimate of drug-likeness (QED) is 0.369. The predicted molar refractivity (Wildman–Crippen MR) is 36.2 cm³/mol. The third kappa shape index (κ3) is 2.07. The van der Waals surface area contributed by atoms with Gasteiger partial charge in [0.1, 0.15) is 0 Å². The Bertz CT molecular complexity index is 108. The Labute approximate surface area is 59.8 Å². The van der Waals surface area contributed by atoms with Crippen LogP contribution in [0.4, 0.5) is 4.79 Å². The molecule has 0 saturated carbocycles. The fraction of sp³-hybridized carbons (Fsp3) is 0.750. The topological polar surface area (TPSA) is 58.4 Å². The predicted octanol–water partition coefficient (Wildman–Crippen LogP) is -0.303. The van der Waals surface area contributed by atoms with E-state index in [1.54, 1.807) is 0 Å². The monoisotopic (exact) mass is 151 g/mol. The number of carbonyl (C=O) groups excluding carboxylic acids is 1. The molecule has 0 aromatic carbocycles. The number of hydrogen-bond acceptors (Lipinski definition) is 2. The van der Waals surface area contributed by atoms with Crippen molar-refractivity contribution in [1.82, 2.24) is 10.3 Å². The zero-order chi connectivity index (χ0) is 5.98. The Balaban J connectivity index is 0.000000640. The maximum Gasteiger partial charge on any atom is 0.331 e. The molecule has 1 aliphatic heterocycles. The van der Waals surface area contributed by atoms with E-state index in [0.29, 0.717) is 6.54 Å². The molecule has 1 fully saturated rings. The molecule has 0 unspecified atom stereocenters. The van der Waals surface area contributed by atoms with Gasteiger partial charge in [-0.15, -0.1) is 12.4 Å². The van der Waals surface area contributed by atoms with Crippen molar-refractivity contribution in [3.05, 3.63) is 0 Å². The summed E-state index contributed by atoms with van der Waals surface area (Å²) in [6.45, 7) is 1.43. The van der Waals surface area contributed by atoms with Gasteiger partial charge in [0.25, 0.3) is 0 Å². The molecule has 0 aromatic heterocycles. The van der Waals surface area contributed by atoms with Crippen molar-refractivity contribution in [2.45, 2.75) is 6.42 Å². The molecule has 0 spiro atoms. The van der Waals surface area contributed by atoms with Crippen LogP contribution in [0, 0.1) is 0 Å². The Hall–Kier alpha value is -0.480. The molecule has 5 heteroatoms. The van der Waals surface area contributed by atoms with E-state index in [2.05, 4.69) is 5.32 Å². The van der Waals surface area contributed by atoms with E-state index in [9.17, 15) is 4.79 Å². The van der Waals surface area contributed by atoms with E-state index < -0.39 is 0 Å². The second-order valence-electron chi connectivity index (χ2n) is 1.78. The smallest absolute Gasteiger partial charge is 0.331 e. The summed E-state index contributed by atoms with van der Waals surface area (Å²) in [7, 11) is 0. The highest BCUT2D eigenvalue weighted by atomic mass is 35.5. The summed E-state index contributed by atoms with van der Waals surface area (Å²) in [5, 5.41) is 3.78. The summed E-state index contributed by atoms with van der Waals surface area (Å²) < 4.78 is 0. The summed E-state index contributed by atoms with van der Waals surface area (Å²) in [5.41, 5.74) is 0. The molecule has 1 saturated heterocycles. The first kappa shape index (κ1) is 8.52. The highest BCUT2D eigenvalue weighted by Crippen LogP contribution is 1.89. The minimum atomic E-state index is -0.170. The van der Waals surface area contributed by atoms with Crippen LogP contribution in [-0.2, 0) is 0 Å². The number of carbonyl (C=O) groups is 1. The number of nitrogens with zero attached hydrogens (tertiary/aromatic N) is 1. The second-order valence-corrected chi connectivity index (χ2v) is 1.78. The fourth-order valence-corrected chi connectivity index (χ4v) is 0.648. The van der Waals surface area contributed by atoms with Crippen LogP contribution in [0.25, 0.3) is 0 Å². The number of urea groups is 1. The van der Waals surface area contributed by atoms with Crippen LogP contribution >= 0.6 is 12.4 Å². The van der Waals surface area contributed by atoms with E-state index in [0.717, 1.165) is 13.0 Å². The van der Waals surface area contributed by atoms with Gasteiger partial charge in [-0.3, -0.25) is 5.01 Å². The standard InChI is InChI=1S/C4H9N3O.ClH/c5-7-3-1-2-6-4(7)8;/h1-3,5H2,(H,6,8);1H. The van der Waals surface area contributed by atoms with E-state index in [-0.39, 0.29) is 18.4 Å². The number of nitrogens with two attached hydrogens (primary N) is 1. The van der Waals surface area contributed by atoms with Gasteiger partial charge >= 0.3 is 6.03 Å². The average molecular weight is 152 g/mol. The molecular weight excluding hydrogens is 142 g/mol. The summed E-state index contributed by atoms with van der Waals surface area (Å²) in [4.78, 5) is 10.5. The van der Waals surface area contributed by atoms with Crippen LogP contribution in [-0.4, -0.2) is 24.1 Å². The molecule has 1 heterocycles. The van der Waals surface area contributed by atoms with Crippen molar-refractivity contribution in [3.63, 3.8) is 0 Å². The lowest BCUT2D eigenvalue weighted by Gasteiger charge is -2.21. The van der Waals surface area contributed by atoms with Crippen LogP contribution in [0.1, 0.15) is 6.42 Å². The minimum absolute atomic E-state index is 0. The number of rotatable bonds is 0. The maximum absolute atomic E-state index is 10.5. The molecular formula is C4H10ClN3O. The van der Waals surface area contributed by atoms with Crippen molar-refractivity contribution in [3.8, 4) is 0 Å². The third-order valence-corrected chi connectivity index (χ3v) is 1.11. The molecule has 1 aliphatic rings. The zero-order valence-electron chi connectivity index (χ0n) is 4.96. The van der Waals surface area contributed by atoms with E-state index in [1.807, 2.05) is 0 Å². The van der Waals surface area contributed by atoms with Crippen molar-refractivity contribution in [2.24, 2.45) is 5.84 Å². The lowest BCUT2D eigenvalue weighted by Crippen LogP contribution is -2.50. The van der Waals surface area contributed by atoms with Gasteiger partial charge in [-0.1, -0.05) is 0 Å². The van der Waals surface area contributed by atoms with Crippen LogP contribution in [0.2, 0.25) is 0 Å². The third-order valence-electron chi connectivity index (χ3n) is 1.11.